The highest BCUT2D eigenvalue weighted by molar-refractivity contribution is 7.98. The Morgan fingerprint density at radius 3 is 2.69 bits per heavy atom. The third-order valence-electron chi connectivity index (χ3n) is 2.51. The molecule has 0 saturated heterocycles. The van der Waals surface area contributed by atoms with Crippen LogP contribution < -0.4 is 4.90 Å². The van der Waals surface area contributed by atoms with Gasteiger partial charge in [0.2, 0.25) is 0 Å². The van der Waals surface area contributed by atoms with Gasteiger partial charge in [-0.05, 0) is 36.9 Å². The van der Waals surface area contributed by atoms with E-state index in [2.05, 4.69) is 11.2 Å². The number of hydrogen-bond acceptors (Lipinski definition) is 3. The lowest BCUT2D eigenvalue weighted by atomic mass is 10.1. The van der Waals surface area contributed by atoms with Gasteiger partial charge in [-0.15, -0.1) is 0 Å². The van der Waals surface area contributed by atoms with Crippen LogP contribution in [0.4, 0.5) is 5.69 Å². The van der Waals surface area contributed by atoms with E-state index >= 15 is 0 Å². The number of rotatable bonds is 5. The molecule has 1 aromatic carbocycles. The Hall–Kier alpha value is -1.16. The minimum Gasteiger partial charge on any atom is -0.478 e. The maximum atomic E-state index is 10.9. The molecule has 1 rings (SSSR count). The van der Waals surface area contributed by atoms with E-state index in [4.69, 9.17) is 5.11 Å². The Balaban J connectivity index is 2.84. The maximum Gasteiger partial charge on any atom is 0.335 e. The van der Waals surface area contributed by atoms with Crippen molar-refractivity contribution in [1.29, 1.82) is 0 Å². The van der Waals surface area contributed by atoms with E-state index < -0.39 is 5.97 Å². The third kappa shape index (κ3) is 3.17. The second-order valence-corrected chi connectivity index (χ2v) is 4.70. The van der Waals surface area contributed by atoms with E-state index in [9.17, 15) is 4.79 Å². The fourth-order valence-corrected chi connectivity index (χ4v) is 1.94. The Kier molecular flexibility index (Phi) is 4.68. The Morgan fingerprint density at radius 1 is 1.50 bits per heavy atom. The fraction of sp³-hybridized carbons (Fsp3) is 0.417. The number of carboxylic acids is 1. The third-order valence-corrected chi connectivity index (χ3v) is 3.10. The van der Waals surface area contributed by atoms with Crippen molar-refractivity contribution in [3.05, 3.63) is 29.3 Å². The van der Waals surface area contributed by atoms with Crippen molar-refractivity contribution in [3.8, 4) is 0 Å². The number of carboxylic acid groups (broad SMARTS) is 1. The number of nitrogens with zero attached hydrogens (tertiary/aromatic N) is 1. The molecule has 0 spiro atoms. The van der Waals surface area contributed by atoms with Gasteiger partial charge in [-0.2, -0.15) is 11.8 Å². The average molecular weight is 239 g/mol. The van der Waals surface area contributed by atoms with Crippen molar-refractivity contribution in [1.82, 2.24) is 0 Å². The summed E-state index contributed by atoms with van der Waals surface area (Å²) in [5.74, 6) is 0.201. The lowest BCUT2D eigenvalue weighted by Gasteiger charge is -2.19. The highest BCUT2D eigenvalue weighted by Crippen LogP contribution is 2.18. The van der Waals surface area contributed by atoms with Crippen LogP contribution >= 0.6 is 11.8 Å². The highest BCUT2D eigenvalue weighted by atomic mass is 32.2. The van der Waals surface area contributed by atoms with Gasteiger partial charge in [0, 0.05) is 25.0 Å². The average Bonchev–Trinajstić information content (AvgIpc) is 2.25. The maximum absolute atomic E-state index is 10.9. The molecule has 0 heterocycles. The molecule has 0 aliphatic rings. The molecule has 0 saturated carbocycles. The number of anilines is 1. The molecule has 3 nitrogen and oxygen atoms in total. The number of aromatic carboxylic acids is 1. The molecule has 1 aromatic rings. The van der Waals surface area contributed by atoms with Gasteiger partial charge < -0.3 is 10.0 Å². The first-order valence-corrected chi connectivity index (χ1v) is 6.49. The summed E-state index contributed by atoms with van der Waals surface area (Å²) in [6, 6.07) is 5.45. The second kappa shape index (κ2) is 5.80. The highest BCUT2D eigenvalue weighted by Gasteiger charge is 2.08. The summed E-state index contributed by atoms with van der Waals surface area (Å²) >= 11 is 1.80. The van der Waals surface area contributed by atoms with E-state index in [0.717, 1.165) is 23.5 Å². The minimum atomic E-state index is -0.865. The zero-order valence-corrected chi connectivity index (χ0v) is 10.7. The summed E-state index contributed by atoms with van der Waals surface area (Å²) in [4.78, 5) is 13.0. The molecule has 0 fully saturated rings. The number of aryl methyl sites for hydroxylation is 1. The van der Waals surface area contributed by atoms with Crippen LogP contribution in [0.2, 0.25) is 0 Å². The number of hydrogen-bond donors (Lipinski definition) is 1. The zero-order valence-electron chi connectivity index (χ0n) is 9.86. The predicted molar refractivity (Wildman–Crippen MR) is 69.8 cm³/mol. The minimum absolute atomic E-state index is 0.377. The molecular formula is C12H17NO2S. The van der Waals surface area contributed by atoms with Gasteiger partial charge in [0.1, 0.15) is 0 Å². The molecule has 0 bridgehead atoms. The Bertz CT molecular complexity index is 379. The molecule has 0 atom stereocenters. The number of carbonyl (C=O) groups is 1. The molecule has 1 N–H and O–H groups in total. The molecule has 0 aliphatic carbocycles. The van der Waals surface area contributed by atoms with Gasteiger partial charge in [0.25, 0.3) is 0 Å². The van der Waals surface area contributed by atoms with E-state index in [1.807, 2.05) is 26.1 Å². The Morgan fingerprint density at radius 2 is 2.19 bits per heavy atom. The summed E-state index contributed by atoms with van der Waals surface area (Å²) in [6.45, 7) is 2.79. The molecule has 0 amide bonds. The molecule has 16 heavy (non-hydrogen) atoms. The largest absolute Gasteiger partial charge is 0.478 e. The lowest BCUT2D eigenvalue weighted by Crippen LogP contribution is -2.20. The SMILES string of the molecule is CSCCN(C)c1ccc(C(=O)O)c(C)c1. The first kappa shape index (κ1) is 12.9. The van der Waals surface area contributed by atoms with Crippen molar-refractivity contribution in [3.63, 3.8) is 0 Å². The van der Waals surface area contributed by atoms with Gasteiger partial charge in [0.15, 0.2) is 0 Å². The molecule has 0 unspecified atom stereocenters. The lowest BCUT2D eigenvalue weighted by molar-refractivity contribution is 0.0696. The van der Waals surface area contributed by atoms with E-state index in [1.165, 1.54) is 0 Å². The van der Waals surface area contributed by atoms with Gasteiger partial charge in [-0.25, -0.2) is 4.79 Å². The van der Waals surface area contributed by atoms with Crippen LogP contribution in [0.5, 0.6) is 0 Å². The van der Waals surface area contributed by atoms with Crippen molar-refractivity contribution in [2.45, 2.75) is 6.92 Å². The first-order valence-electron chi connectivity index (χ1n) is 5.10. The van der Waals surface area contributed by atoms with Gasteiger partial charge >= 0.3 is 5.97 Å². The van der Waals surface area contributed by atoms with Crippen LogP contribution in [0.1, 0.15) is 15.9 Å². The Labute approximate surface area is 100 Å². The molecular weight excluding hydrogens is 222 g/mol. The van der Waals surface area contributed by atoms with Crippen molar-refractivity contribution in [2.24, 2.45) is 0 Å². The van der Waals surface area contributed by atoms with Crippen LogP contribution in [-0.2, 0) is 0 Å². The van der Waals surface area contributed by atoms with Crippen LogP contribution in [0.25, 0.3) is 0 Å². The summed E-state index contributed by atoms with van der Waals surface area (Å²) in [5.41, 5.74) is 2.25. The van der Waals surface area contributed by atoms with Gasteiger partial charge in [-0.1, -0.05) is 0 Å². The normalized spacial score (nSPS) is 10.2. The number of thioether (sulfide) groups is 1. The van der Waals surface area contributed by atoms with Crippen LogP contribution in [-0.4, -0.2) is 36.7 Å². The number of benzene rings is 1. The first-order chi connectivity index (χ1) is 7.56. The van der Waals surface area contributed by atoms with Gasteiger partial charge in [-0.3, -0.25) is 0 Å². The monoisotopic (exact) mass is 239 g/mol. The van der Waals surface area contributed by atoms with Crippen LogP contribution in [0, 0.1) is 6.92 Å². The predicted octanol–water partition coefficient (Wildman–Crippen LogP) is 2.49. The zero-order chi connectivity index (χ0) is 12.1. The molecule has 0 aromatic heterocycles. The molecule has 0 aliphatic heterocycles. The van der Waals surface area contributed by atoms with Crippen molar-refractivity contribution < 1.29 is 9.90 Å². The molecule has 0 radical (unpaired) electrons. The summed E-state index contributed by atoms with van der Waals surface area (Å²) < 4.78 is 0. The van der Waals surface area contributed by atoms with E-state index in [1.54, 1.807) is 17.8 Å². The van der Waals surface area contributed by atoms with Crippen molar-refractivity contribution in [2.75, 3.05) is 30.5 Å². The van der Waals surface area contributed by atoms with Crippen LogP contribution in [0.3, 0.4) is 0 Å². The standard InChI is InChI=1S/C12H17NO2S/c1-9-8-10(13(2)6-7-16-3)4-5-11(9)12(14)15/h4-5,8H,6-7H2,1-3H3,(H,14,15). The van der Waals surface area contributed by atoms with E-state index in [0.29, 0.717) is 5.56 Å². The smallest absolute Gasteiger partial charge is 0.335 e. The topological polar surface area (TPSA) is 40.5 Å². The van der Waals surface area contributed by atoms with Crippen LogP contribution in [0.15, 0.2) is 18.2 Å². The van der Waals surface area contributed by atoms with Gasteiger partial charge in [0.05, 0.1) is 5.56 Å². The fourth-order valence-electron chi connectivity index (χ4n) is 1.48. The second-order valence-electron chi connectivity index (χ2n) is 3.72. The summed E-state index contributed by atoms with van der Waals surface area (Å²) in [7, 11) is 2.02. The summed E-state index contributed by atoms with van der Waals surface area (Å²) in [5, 5.41) is 8.92. The molecule has 4 heteroatoms. The summed E-state index contributed by atoms with van der Waals surface area (Å²) in [6.07, 6.45) is 2.08. The quantitative estimate of drug-likeness (QED) is 0.857. The molecule has 88 valence electrons. The van der Waals surface area contributed by atoms with Crippen molar-refractivity contribution >= 4 is 23.4 Å². The van der Waals surface area contributed by atoms with E-state index in [-0.39, 0.29) is 0 Å².